The summed E-state index contributed by atoms with van der Waals surface area (Å²) >= 11 is 0. The Morgan fingerprint density at radius 2 is 1.83 bits per heavy atom. The molecule has 0 unspecified atom stereocenters. The minimum Gasteiger partial charge on any atom is -0.460 e. The van der Waals surface area contributed by atoms with E-state index >= 15 is 0 Å². The highest BCUT2D eigenvalue weighted by atomic mass is 16.6. The van der Waals surface area contributed by atoms with E-state index in [0.717, 1.165) is 25.9 Å². The van der Waals surface area contributed by atoms with Gasteiger partial charge in [0, 0.05) is 13.1 Å². The second-order valence-corrected chi connectivity index (χ2v) is 5.00. The Balaban J connectivity index is 2.80. The molecule has 0 spiro atoms. The van der Waals surface area contributed by atoms with E-state index in [1.165, 1.54) is 0 Å². The van der Waals surface area contributed by atoms with Gasteiger partial charge in [0.15, 0.2) is 0 Å². The van der Waals surface area contributed by atoms with Crippen LogP contribution in [0.5, 0.6) is 5.75 Å². The summed E-state index contributed by atoms with van der Waals surface area (Å²) in [7, 11) is 0. The molecular formula is C19H27NO3. The van der Waals surface area contributed by atoms with Crippen molar-refractivity contribution in [3.05, 3.63) is 54.4 Å². The first-order valence-corrected chi connectivity index (χ1v) is 8.23. The van der Waals surface area contributed by atoms with Crippen molar-refractivity contribution in [1.82, 2.24) is 4.90 Å². The minimum atomic E-state index is -0.438. The standard InChI is InChI=1S/C19H27NO3/c1-4-7-16-22-19(21)18(14-11-15-20(5-2)6-3)23-17-12-9-8-10-13-17/h8-15H,4-7,16H2,1-3H3/b15-11+,18-14+. The zero-order valence-corrected chi connectivity index (χ0v) is 14.3. The van der Waals surface area contributed by atoms with Gasteiger partial charge in [-0.3, -0.25) is 0 Å². The highest BCUT2D eigenvalue weighted by Crippen LogP contribution is 2.14. The third kappa shape index (κ3) is 7.54. The smallest absolute Gasteiger partial charge is 0.374 e. The van der Waals surface area contributed by atoms with Gasteiger partial charge in [-0.05, 0) is 50.8 Å². The summed E-state index contributed by atoms with van der Waals surface area (Å²) in [6.07, 6.45) is 7.23. The predicted molar refractivity (Wildman–Crippen MR) is 93.1 cm³/mol. The lowest BCUT2D eigenvalue weighted by molar-refractivity contribution is -0.141. The zero-order valence-electron chi connectivity index (χ0n) is 14.3. The predicted octanol–water partition coefficient (Wildman–Crippen LogP) is 4.15. The summed E-state index contributed by atoms with van der Waals surface area (Å²) in [5.74, 6) is 0.365. The van der Waals surface area contributed by atoms with Crippen molar-refractivity contribution >= 4 is 5.97 Å². The number of unbranched alkanes of at least 4 members (excludes halogenated alkanes) is 1. The fourth-order valence-corrected chi connectivity index (χ4v) is 1.83. The maximum atomic E-state index is 12.2. The molecule has 0 heterocycles. The van der Waals surface area contributed by atoms with E-state index in [0.29, 0.717) is 12.4 Å². The van der Waals surface area contributed by atoms with Gasteiger partial charge in [0.05, 0.1) is 6.61 Å². The number of esters is 1. The van der Waals surface area contributed by atoms with Crippen LogP contribution in [0.3, 0.4) is 0 Å². The summed E-state index contributed by atoms with van der Waals surface area (Å²) in [5.41, 5.74) is 0. The van der Waals surface area contributed by atoms with Crippen LogP contribution in [0.2, 0.25) is 0 Å². The van der Waals surface area contributed by atoms with E-state index in [-0.39, 0.29) is 5.76 Å². The van der Waals surface area contributed by atoms with Gasteiger partial charge in [-0.15, -0.1) is 0 Å². The molecule has 4 heteroatoms. The molecule has 0 amide bonds. The van der Waals surface area contributed by atoms with E-state index in [4.69, 9.17) is 9.47 Å². The van der Waals surface area contributed by atoms with Gasteiger partial charge in [-0.25, -0.2) is 4.79 Å². The van der Waals surface area contributed by atoms with Crippen LogP contribution in [-0.4, -0.2) is 30.6 Å². The van der Waals surface area contributed by atoms with Crippen molar-refractivity contribution in [2.24, 2.45) is 0 Å². The molecule has 23 heavy (non-hydrogen) atoms. The number of nitrogens with zero attached hydrogens (tertiary/aromatic N) is 1. The van der Waals surface area contributed by atoms with Crippen molar-refractivity contribution in [3.63, 3.8) is 0 Å². The Hall–Kier alpha value is -2.23. The number of carbonyl (C=O) groups is 1. The topological polar surface area (TPSA) is 38.8 Å². The van der Waals surface area contributed by atoms with E-state index in [1.807, 2.05) is 30.5 Å². The van der Waals surface area contributed by atoms with Crippen LogP contribution in [0.15, 0.2) is 54.4 Å². The summed E-state index contributed by atoms with van der Waals surface area (Å²) in [6.45, 7) is 8.45. The van der Waals surface area contributed by atoms with Crippen LogP contribution >= 0.6 is 0 Å². The second-order valence-electron chi connectivity index (χ2n) is 5.00. The van der Waals surface area contributed by atoms with E-state index < -0.39 is 5.97 Å². The van der Waals surface area contributed by atoms with Gasteiger partial charge in [-0.1, -0.05) is 31.5 Å². The molecule has 0 atom stereocenters. The molecule has 1 aromatic carbocycles. The second kappa shape index (κ2) is 11.4. The lowest BCUT2D eigenvalue weighted by Crippen LogP contribution is -2.15. The fourth-order valence-electron chi connectivity index (χ4n) is 1.83. The van der Waals surface area contributed by atoms with Crippen molar-refractivity contribution in [3.8, 4) is 5.75 Å². The summed E-state index contributed by atoms with van der Waals surface area (Å²) in [4.78, 5) is 14.3. The maximum absolute atomic E-state index is 12.2. The van der Waals surface area contributed by atoms with Crippen molar-refractivity contribution < 1.29 is 14.3 Å². The summed E-state index contributed by atoms with van der Waals surface area (Å²) < 4.78 is 10.9. The molecule has 0 bridgehead atoms. The normalized spacial score (nSPS) is 11.5. The van der Waals surface area contributed by atoms with Gasteiger partial charge in [0.2, 0.25) is 5.76 Å². The number of rotatable bonds is 10. The molecule has 0 aliphatic heterocycles. The highest BCUT2D eigenvalue weighted by Gasteiger charge is 2.13. The monoisotopic (exact) mass is 317 g/mol. The summed E-state index contributed by atoms with van der Waals surface area (Å²) in [5, 5.41) is 0. The molecule has 4 nitrogen and oxygen atoms in total. The number of ether oxygens (including phenoxy) is 2. The van der Waals surface area contributed by atoms with Gasteiger partial charge in [-0.2, -0.15) is 0 Å². The summed E-state index contributed by atoms with van der Waals surface area (Å²) in [6, 6.07) is 9.24. The van der Waals surface area contributed by atoms with E-state index in [2.05, 4.69) is 25.7 Å². The van der Waals surface area contributed by atoms with Crippen LogP contribution in [0.4, 0.5) is 0 Å². The largest absolute Gasteiger partial charge is 0.460 e. The molecular weight excluding hydrogens is 290 g/mol. The van der Waals surface area contributed by atoms with Gasteiger partial charge in [0.25, 0.3) is 0 Å². The molecule has 0 N–H and O–H groups in total. The number of hydrogen-bond donors (Lipinski definition) is 0. The number of hydrogen-bond acceptors (Lipinski definition) is 4. The van der Waals surface area contributed by atoms with Gasteiger partial charge >= 0.3 is 5.97 Å². The minimum absolute atomic E-state index is 0.190. The molecule has 0 radical (unpaired) electrons. The van der Waals surface area contributed by atoms with Crippen LogP contribution in [0, 0.1) is 0 Å². The number of carbonyl (C=O) groups excluding carboxylic acids is 1. The van der Waals surface area contributed by atoms with Crippen molar-refractivity contribution in [2.45, 2.75) is 33.6 Å². The Bertz CT molecular complexity index is 505. The first-order valence-electron chi connectivity index (χ1n) is 8.23. The lowest BCUT2D eigenvalue weighted by Gasteiger charge is -2.14. The average Bonchev–Trinajstić information content (AvgIpc) is 2.58. The Labute approximate surface area is 139 Å². The first-order chi connectivity index (χ1) is 11.2. The molecule has 0 saturated carbocycles. The third-order valence-corrected chi connectivity index (χ3v) is 3.26. The zero-order chi connectivity index (χ0) is 16.9. The number of allylic oxidation sites excluding steroid dienone is 2. The van der Waals surface area contributed by atoms with E-state index in [1.54, 1.807) is 18.2 Å². The Morgan fingerprint density at radius 1 is 1.13 bits per heavy atom. The van der Waals surface area contributed by atoms with E-state index in [9.17, 15) is 4.79 Å². The van der Waals surface area contributed by atoms with Gasteiger partial charge in [0.1, 0.15) is 5.75 Å². The fraction of sp³-hybridized carbons (Fsp3) is 0.421. The van der Waals surface area contributed by atoms with Gasteiger partial charge < -0.3 is 14.4 Å². The maximum Gasteiger partial charge on any atom is 0.374 e. The van der Waals surface area contributed by atoms with Crippen LogP contribution in [-0.2, 0) is 9.53 Å². The average molecular weight is 317 g/mol. The molecule has 126 valence electrons. The SMILES string of the molecule is CCCCOC(=O)/C(=C\C=C\N(CC)CC)Oc1ccccc1. The molecule has 0 aromatic heterocycles. The third-order valence-electron chi connectivity index (χ3n) is 3.26. The molecule has 1 rings (SSSR count). The molecule has 0 fully saturated rings. The van der Waals surface area contributed by atoms with Crippen molar-refractivity contribution in [2.75, 3.05) is 19.7 Å². The number of benzene rings is 1. The van der Waals surface area contributed by atoms with Crippen LogP contribution in [0.1, 0.15) is 33.6 Å². The lowest BCUT2D eigenvalue weighted by atomic mass is 10.3. The van der Waals surface area contributed by atoms with Crippen LogP contribution in [0.25, 0.3) is 0 Å². The van der Waals surface area contributed by atoms with Crippen molar-refractivity contribution in [1.29, 1.82) is 0 Å². The molecule has 0 aliphatic carbocycles. The Morgan fingerprint density at radius 3 is 2.43 bits per heavy atom. The highest BCUT2D eigenvalue weighted by molar-refractivity contribution is 5.87. The number of para-hydroxylation sites is 1. The molecule has 0 saturated heterocycles. The van der Waals surface area contributed by atoms with Crippen LogP contribution < -0.4 is 4.74 Å². The molecule has 1 aromatic rings. The Kier molecular flexibility index (Phi) is 9.29. The molecule has 0 aliphatic rings. The quantitative estimate of drug-likeness (QED) is 0.214. The first kappa shape index (κ1) is 18.8.